The van der Waals surface area contributed by atoms with E-state index in [0.717, 1.165) is 0 Å². The van der Waals surface area contributed by atoms with Crippen LogP contribution in [0.1, 0.15) is 31.3 Å². The summed E-state index contributed by atoms with van der Waals surface area (Å²) in [5, 5.41) is 15.0. The van der Waals surface area contributed by atoms with Gasteiger partial charge in [0, 0.05) is 31.1 Å². The maximum absolute atomic E-state index is 12.1. The van der Waals surface area contributed by atoms with Gasteiger partial charge in [-0.25, -0.2) is 13.1 Å². The molecule has 1 aromatic rings. The van der Waals surface area contributed by atoms with Gasteiger partial charge in [-0.15, -0.1) is 12.4 Å². The molecule has 0 radical (unpaired) electrons. The zero-order valence-corrected chi connectivity index (χ0v) is 15.5. The fourth-order valence-electron chi connectivity index (χ4n) is 2.28. The summed E-state index contributed by atoms with van der Waals surface area (Å²) in [6, 6.07) is 2.56. The fraction of sp³-hybridized carbons (Fsp3) is 0.643. The first-order valence-corrected chi connectivity index (χ1v) is 8.87. The Balaban J connectivity index is 0.00000288. The molecule has 4 N–H and O–H groups in total. The fourth-order valence-corrected chi connectivity index (χ4v) is 3.63. The molecule has 2 rings (SSSR count). The number of carbonyl (C=O) groups is 1. The number of amides is 1. The summed E-state index contributed by atoms with van der Waals surface area (Å²) in [4.78, 5) is 12.0. The van der Waals surface area contributed by atoms with Crippen LogP contribution in [0.25, 0.3) is 0 Å². The van der Waals surface area contributed by atoms with Crippen LogP contribution >= 0.6 is 12.4 Å². The van der Waals surface area contributed by atoms with Gasteiger partial charge in [0.1, 0.15) is 0 Å². The van der Waals surface area contributed by atoms with Crippen molar-refractivity contribution >= 4 is 28.3 Å². The SMILES string of the molecule is CC(C)(C)NS(=O)(=O)c1ccc(C(=O)NCC2CNCC2O)o1.Cl. The van der Waals surface area contributed by atoms with Crippen LogP contribution < -0.4 is 15.4 Å². The average molecular weight is 382 g/mol. The van der Waals surface area contributed by atoms with Crippen LogP contribution in [-0.2, 0) is 10.0 Å². The molecule has 1 amide bonds. The van der Waals surface area contributed by atoms with Crippen LogP contribution in [0.2, 0.25) is 0 Å². The lowest BCUT2D eigenvalue weighted by Gasteiger charge is -2.19. The summed E-state index contributed by atoms with van der Waals surface area (Å²) in [6.07, 6.45) is -0.501. The number of hydrogen-bond donors (Lipinski definition) is 4. The van der Waals surface area contributed by atoms with Crippen molar-refractivity contribution in [3.63, 3.8) is 0 Å². The van der Waals surface area contributed by atoms with Crippen LogP contribution in [0.5, 0.6) is 0 Å². The highest BCUT2D eigenvalue weighted by Gasteiger charge is 2.28. The minimum absolute atomic E-state index is 0. The minimum Gasteiger partial charge on any atom is -0.438 e. The Kier molecular flexibility index (Phi) is 6.83. The van der Waals surface area contributed by atoms with E-state index >= 15 is 0 Å². The molecule has 2 heterocycles. The van der Waals surface area contributed by atoms with Crippen molar-refractivity contribution in [1.82, 2.24) is 15.4 Å². The normalized spacial score (nSPS) is 21.3. The molecule has 1 aliphatic heterocycles. The van der Waals surface area contributed by atoms with Gasteiger partial charge in [0.15, 0.2) is 5.76 Å². The summed E-state index contributed by atoms with van der Waals surface area (Å²) in [7, 11) is -3.82. The molecule has 8 nitrogen and oxygen atoms in total. The highest BCUT2D eigenvalue weighted by atomic mass is 35.5. The van der Waals surface area contributed by atoms with E-state index in [1.807, 2.05) is 0 Å². The Hall–Kier alpha value is -1.13. The van der Waals surface area contributed by atoms with Crippen molar-refractivity contribution in [3.8, 4) is 0 Å². The lowest BCUT2D eigenvalue weighted by Crippen LogP contribution is -2.40. The molecule has 0 aromatic carbocycles. The summed E-state index contributed by atoms with van der Waals surface area (Å²) in [6.45, 7) is 6.54. The molecule has 1 aromatic heterocycles. The molecule has 1 saturated heterocycles. The smallest absolute Gasteiger partial charge is 0.287 e. The van der Waals surface area contributed by atoms with E-state index in [4.69, 9.17) is 4.42 Å². The predicted octanol–water partition coefficient (Wildman–Crippen LogP) is 0.0883. The number of nitrogens with one attached hydrogen (secondary N) is 3. The standard InChI is InChI=1S/C14H23N3O5S.ClH/c1-14(2,3)17-23(20,21)12-5-4-11(22-12)13(19)16-7-9-6-15-8-10(9)18;/h4-5,9-10,15,17-18H,6-8H2,1-3H3,(H,16,19);1H. The number of aliphatic hydroxyl groups is 1. The van der Waals surface area contributed by atoms with E-state index in [-0.39, 0.29) is 35.7 Å². The summed E-state index contributed by atoms with van der Waals surface area (Å²) < 4.78 is 31.8. The quantitative estimate of drug-likeness (QED) is 0.573. The lowest BCUT2D eigenvalue weighted by molar-refractivity contribution is 0.0894. The van der Waals surface area contributed by atoms with Crippen molar-refractivity contribution in [2.45, 2.75) is 37.5 Å². The average Bonchev–Trinajstić information content (AvgIpc) is 3.02. The Morgan fingerprint density at radius 1 is 1.38 bits per heavy atom. The first kappa shape index (κ1) is 20.9. The number of halogens is 1. The molecular formula is C14H24ClN3O5S. The van der Waals surface area contributed by atoms with E-state index < -0.39 is 27.6 Å². The van der Waals surface area contributed by atoms with Crippen molar-refractivity contribution in [3.05, 3.63) is 17.9 Å². The Bertz CT molecular complexity index is 668. The van der Waals surface area contributed by atoms with Gasteiger partial charge in [-0.05, 0) is 32.9 Å². The molecule has 2 atom stereocenters. The third-order valence-electron chi connectivity index (χ3n) is 3.34. The first-order valence-electron chi connectivity index (χ1n) is 7.39. The number of hydrogen-bond acceptors (Lipinski definition) is 6. The lowest BCUT2D eigenvalue weighted by atomic mass is 10.1. The van der Waals surface area contributed by atoms with Crippen LogP contribution in [0.4, 0.5) is 0 Å². The van der Waals surface area contributed by atoms with Gasteiger partial charge < -0.3 is 20.2 Å². The van der Waals surface area contributed by atoms with Gasteiger partial charge in [-0.3, -0.25) is 4.79 Å². The zero-order chi connectivity index (χ0) is 17.3. The summed E-state index contributed by atoms with van der Waals surface area (Å²) >= 11 is 0. The maximum Gasteiger partial charge on any atom is 0.287 e. The monoisotopic (exact) mass is 381 g/mol. The molecule has 1 aliphatic rings. The highest BCUT2D eigenvalue weighted by molar-refractivity contribution is 7.89. The number of carbonyl (C=O) groups excluding carboxylic acids is 1. The number of furan rings is 1. The third-order valence-corrected chi connectivity index (χ3v) is 4.97. The van der Waals surface area contributed by atoms with Crippen LogP contribution in [0.15, 0.2) is 21.6 Å². The van der Waals surface area contributed by atoms with Crippen molar-refractivity contribution in [2.75, 3.05) is 19.6 Å². The Morgan fingerprint density at radius 3 is 2.58 bits per heavy atom. The van der Waals surface area contributed by atoms with E-state index in [9.17, 15) is 18.3 Å². The van der Waals surface area contributed by atoms with Gasteiger partial charge in [0.05, 0.1) is 6.10 Å². The van der Waals surface area contributed by atoms with Crippen molar-refractivity contribution < 1.29 is 22.7 Å². The van der Waals surface area contributed by atoms with Gasteiger partial charge in [0.2, 0.25) is 5.09 Å². The third kappa shape index (κ3) is 5.45. The number of rotatable bonds is 5. The molecule has 0 spiro atoms. The van der Waals surface area contributed by atoms with Crippen molar-refractivity contribution in [1.29, 1.82) is 0 Å². The molecule has 0 bridgehead atoms. The van der Waals surface area contributed by atoms with Crippen molar-refractivity contribution in [2.24, 2.45) is 5.92 Å². The molecule has 1 fully saturated rings. The number of aliphatic hydroxyl groups excluding tert-OH is 1. The number of sulfonamides is 1. The molecular weight excluding hydrogens is 358 g/mol. The highest BCUT2D eigenvalue weighted by Crippen LogP contribution is 2.16. The second-order valence-electron chi connectivity index (χ2n) is 6.67. The summed E-state index contributed by atoms with van der Waals surface area (Å²) in [5.41, 5.74) is -0.653. The van der Waals surface area contributed by atoms with Crippen LogP contribution in [-0.4, -0.2) is 50.7 Å². The largest absolute Gasteiger partial charge is 0.438 e. The number of β-amino-alcohol motifs (C(OH)–C–C–N with tert-alkyl or cyclic N) is 1. The minimum atomic E-state index is -3.82. The van der Waals surface area contributed by atoms with Gasteiger partial charge in [-0.2, -0.15) is 0 Å². The van der Waals surface area contributed by atoms with E-state index in [0.29, 0.717) is 13.1 Å². The predicted molar refractivity (Wildman–Crippen MR) is 90.7 cm³/mol. The second-order valence-corrected chi connectivity index (χ2v) is 8.28. The van der Waals surface area contributed by atoms with Crippen LogP contribution in [0.3, 0.4) is 0 Å². The van der Waals surface area contributed by atoms with E-state index in [2.05, 4.69) is 15.4 Å². The molecule has 0 aliphatic carbocycles. The van der Waals surface area contributed by atoms with Gasteiger partial charge >= 0.3 is 0 Å². The molecule has 10 heteroatoms. The van der Waals surface area contributed by atoms with Gasteiger partial charge in [0.25, 0.3) is 15.9 Å². The second kappa shape index (κ2) is 7.83. The van der Waals surface area contributed by atoms with E-state index in [1.165, 1.54) is 12.1 Å². The topological polar surface area (TPSA) is 121 Å². The maximum atomic E-state index is 12.1. The molecule has 2 unspecified atom stereocenters. The van der Waals surface area contributed by atoms with Gasteiger partial charge in [-0.1, -0.05) is 0 Å². The first-order chi connectivity index (χ1) is 10.6. The Labute approximate surface area is 147 Å². The Morgan fingerprint density at radius 2 is 2.04 bits per heavy atom. The molecule has 138 valence electrons. The van der Waals surface area contributed by atoms with E-state index in [1.54, 1.807) is 20.8 Å². The van der Waals surface area contributed by atoms with Crippen LogP contribution in [0, 0.1) is 5.92 Å². The summed E-state index contributed by atoms with van der Waals surface area (Å²) in [5.74, 6) is -0.666. The molecule has 0 saturated carbocycles. The molecule has 24 heavy (non-hydrogen) atoms. The zero-order valence-electron chi connectivity index (χ0n) is 13.8.